The summed E-state index contributed by atoms with van der Waals surface area (Å²) in [6, 6.07) is 9.61. The summed E-state index contributed by atoms with van der Waals surface area (Å²) in [5, 5.41) is 4.04. The zero-order valence-corrected chi connectivity index (χ0v) is 14.2. The minimum absolute atomic E-state index is 0.229. The van der Waals surface area contributed by atoms with Gasteiger partial charge in [0, 0.05) is 25.4 Å². The Morgan fingerprint density at radius 2 is 1.96 bits per heavy atom. The van der Waals surface area contributed by atoms with E-state index in [1.807, 2.05) is 30.3 Å². The van der Waals surface area contributed by atoms with E-state index >= 15 is 0 Å². The molecule has 1 amide bonds. The number of likely N-dealkylation sites (tertiary alicyclic amines) is 1. The molecule has 0 aromatic heterocycles. The molecule has 0 spiro atoms. The summed E-state index contributed by atoms with van der Waals surface area (Å²) >= 11 is 0. The normalized spacial score (nSPS) is 20.6. The van der Waals surface area contributed by atoms with Gasteiger partial charge in [0.15, 0.2) is 0 Å². The molecule has 0 N–H and O–H groups in total. The molecule has 0 bridgehead atoms. The number of esters is 1. The molecule has 2 aliphatic heterocycles. The van der Waals surface area contributed by atoms with Crippen LogP contribution in [0.15, 0.2) is 35.5 Å². The molecule has 1 aromatic rings. The van der Waals surface area contributed by atoms with E-state index in [2.05, 4.69) is 9.89 Å². The molecule has 3 rings (SSSR count). The topological polar surface area (TPSA) is 77.4 Å². The van der Waals surface area contributed by atoms with E-state index in [4.69, 9.17) is 9.57 Å². The minimum atomic E-state index is -0.631. The van der Waals surface area contributed by atoms with E-state index < -0.39 is 12.1 Å². The summed E-state index contributed by atoms with van der Waals surface area (Å²) in [7, 11) is 1.34. The van der Waals surface area contributed by atoms with E-state index in [1.165, 1.54) is 7.11 Å². The first-order chi connectivity index (χ1) is 12.2. The Balaban J connectivity index is 1.43. The van der Waals surface area contributed by atoms with Crippen molar-refractivity contribution in [2.45, 2.75) is 32.0 Å². The van der Waals surface area contributed by atoms with Crippen LogP contribution in [0.1, 0.15) is 24.8 Å². The number of carbonyl (C=O) groups is 2. The predicted octanol–water partition coefficient (Wildman–Crippen LogP) is 2.35. The first-order valence-electron chi connectivity index (χ1n) is 8.43. The van der Waals surface area contributed by atoms with Crippen molar-refractivity contribution >= 4 is 17.8 Å². The lowest BCUT2D eigenvalue weighted by Crippen LogP contribution is -2.40. The van der Waals surface area contributed by atoms with Gasteiger partial charge in [0.2, 0.25) is 6.10 Å². The SMILES string of the molecule is COC(=O)C1CC(C2CCN(C(=O)OCc3ccccc3)CC2)=NO1. The number of carbonyl (C=O) groups excluding carboxylic acids is 2. The highest BCUT2D eigenvalue weighted by molar-refractivity contribution is 5.92. The van der Waals surface area contributed by atoms with E-state index in [0.717, 1.165) is 24.1 Å². The highest BCUT2D eigenvalue weighted by Gasteiger charge is 2.35. The summed E-state index contributed by atoms with van der Waals surface area (Å²) in [6.07, 6.45) is 1.12. The highest BCUT2D eigenvalue weighted by atomic mass is 16.7. The van der Waals surface area contributed by atoms with Crippen LogP contribution in [0, 0.1) is 5.92 Å². The van der Waals surface area contributed by atoms with Crippen molar-refractivity contribution in [2.24, 2.45) is 11.1 Å². The third kappa shape index (κ3) is 4.29. The number of benzene rings is 1. The van der Waals surface area contributed by atoms with Gasteiger partial charge in [-0.3, -0.25) is 0 Å². The van der Waals surface area contributed by atoms with E-state index in [9.17, 15) is 9.59 Å². The van der Waals surface area contributed by atoms with Crippen LogP contribution in [0.25, 0.3) is 0 Å². The van der Waals surface area contributed by atoms with Crippen LogP contribution in [-0.2, 0) is 25.7 Å². The van der Waals surface area contributed by atoms with Crippen LogP contribution >= 0.6 is 0 Å². The minimum Gasteiger partial charge on any atom is -0.466 e. The smallest absolute Gasteiger partial charge is 0.410 e. The zero-order valence-electron chi connectivity index (χ0n) is 14.2. The standard InChI is InChI=1S/C18H22N2O5/c1-23-17(21)16-11-15(19-25-16)14-7-9-20(10-8-14)18(22)24-12-13-5-3-2-4-6-13/h2-6,14,16H,7-12H2,1H3. The maximum Gasteiger partial charge on any atom is 0.410 e. The number of methoxy groups -OCH3 is 1. The average Bonchev–Trinajstić information content (AvgIpc) is 3.16. The fraction of sp³-hybridized carbons (Fsp3) is 0.500. The number of nitrogens with zero attached hydrogens (tertiary/aromatic N) is 2. The van der Waals surface area contributed by atoms with Crippen LogP contribution in [0.3, 0.4) is 0 Å². The molecule has 1 unspecified atom stereocenters. The van der Waals surface area contributed by atoms with Crippen molar-refractivity contribution in [1.82, 2.24) is 4.90 Å². The Labute approximate surface area is 146 Å². The van der Waals surface area contributed by atoms with Gasteiger partial charge in [0.25, 0.3) is 0 Å². The van der Waals surface area contributed by atoms with Gasteiger partial charge in [0.1, 0.15) is 6.61 Å². The summed E-state index contributed by atoms with van der Waals surface area (Å²) in [5.41, 5.74) is 1.85. The van der Waals surface area contributed by atoms with Crippen molar-refractivity contribution in [3.63, 3.8) is 0 Å². The molecule has 1 atom stereocenters. The summed E-state index contributed by atoms with van der Waals surface area (Å²) in [5.74, 6) is -0.173. The fourth-order valence-electron chi connectivity index (χ4n) is 3.10. The van der Waals surface area contributed by atoms with Gasteiger partial charge in [-0.1, -0.05) is 35.5 Å². The predicted molar refractivity (Wildman–Crippen MR) is 89.9 cm³/mol. The molecule has 2 heterocycles. The second-order valence-electron chi connectivity index (χ2n) is 6.21. The molecular formula is C18H22N2O5. The molecular weight excluding hydrogens is 324 g/mol. The summed E-state index contributed by atoms with van der Waals surface area (Å²) in [6.45, 7) is 1.50. The van der Waals surface area contributed by atoms with Crippen molar-refractivity contribution in [2.75, 3.05) is 20.2 Å². The third-order valence-electron chi connectivity index (χ3n) is 4.59. The van der Waals surface area contributed by atoms with Crippen molar-refractivity contribution < 1.29 is 23.9 Å². The lowest BCUT2D eigenvalue weighted by Gasteiger charge is -2.31. The molecule has 0 radical (unpaired) electrons. The Hall–Kier alpha value is -2.57. The number of hydrogen-bond acceptors (Lipinski definition) is 6. The number of rotatable bonds is 4. The van der Waals surface area contributed by atoms with Gasteiger partial charge in [-0.2, -0.15) is 0 Å². The van der Waals surface area contributed by atoms with Crippen LogP contribution in [0.4, 0.5) is 4.79 Å². The maximum atomic E-state index is 12.2. The molecule has 1 fully saturated rings. The fourth-order valence-corrected chi connectivity index (χ4v) is 3.10. The van der Waals surface area contributed by atoms with E-state index in [0.29, 0.717) is 19.5 Å². The monoisotopic (exact) mass is 346 g/mol. The molecule has 0 saturated carbocycles. The summed E-state index contributed by atoms with van der Waals surface area (Å²) < 4.78 is 10.0. The lowest BCUT2D eigenvalue weighted by atomic mass is 9.89. The number of hydrogen-bond donors (Lipinski definition) is 0. The molecule has 7 heteroatoms. The summed E-state index contributed by atoms with van der Waals surface area (Å²) in [4.78, 5) is 30.5. The van der Waals surface area contributed by atoms with Crippen molar-refractivity contribution in [1.29, 1.82) is 0 Å². The lowest BCUT2D eigenvalue weighted by molar-refractivity contribution is -0.152. The van der Waals surface area contributed by atoms with Gasteiger partial charge in [-0.15, -0.1) is 0 Å². The highest BCUT2D eigenvalue weighted by Crippen LogP contribution is 2.26. The van der Waals surface area contributed by atoms with Gasteiger partial charge in [0.05, 0.1) is 12.8 Å². The van der Waals surface area contributed by atoms with Gasteiger partial charge in [-0.05, 0) is 18.4 Å². The molecule has 2 aliphatic rings. The molecule has 1 saturated heterocycles. The quantitative estimate of drug-likeness (QED) is 0.782. The average molecular weight is 346 g/mol. The van der Waals surface area contributed by atoms with Crippen LogP contribution in [0.2, 0.25) is 0 Å². The molecule has 0 aliphatic carbocycles. The molecule has 134 valence electrons. The third-order valence-corrected chi connectivity index (χ3v) is 4.59. The Bertz CT molecular complexity index is 638. The Morgan fingerprint density at radius 1 is 1.24 bits per heavy atom. The van der Waals surface area contributed by atoms with Gasteiger partial charge >= 0.3 is 12.1 Å². The van der Waals surface area contributed by atoms with Gasteiger partial charge in [-0.25, -0.2) is 9.59 Å². The van der Waals surface area contributed by atoms with Crippen molar-refractivity contribution in [3.05, 3.63) is 35.9 Å². The first kappa shape index (κ1) is 17.3. The van der Waals surface area contributed by atoms with E-state index in [1.54, 1.807) is 4.90 Å². The van der Waals surface area contributed by atoms with Crippen molar-refractivity contribution in [3.8, 4) is 0 Å². The second-order valence-corrected chi connectivity index (χ2v) is 6.21. The van der Waals surface area contributed by atoms with E-state index in [-0.39, 0.29) is 18.6 Å². The van der Waals surface area contributed by atoms with Gasteiger partial charge < -0.3 is 19.2 Å². The van der Waals surface area contributed by atoms with Crippen LogP contribution in [-0.4, -0.2) is 49.0 Å². The number of amides is 1. The maximum absolute atomic E-state index is 12.2. The number of oxime groups is 1. The Morgan fingerprint density at radius 3 is 2.64 bits per heavy atom. The first-order valence-corrected chi connectivity index (χ1v) is 8.43. The molecule has 1 aromatic carbocycles. The molecule has 7 nitrogen and oxygen atoms in total. The zero-order chi connectivity index (χ0) is 17.6. The van der Waals surface area contributed by atoms with Crippen LogP contribution in [0.5, 0.6) is 0 Å². The number of ether oxygens (including phenoxy) is 2. The number of piperidine rings is 1. The van der Waals surface area contributed by atoms with Crippen LogP contribution < -0.4 is 0 Å². The molecule has 25 heavy (non-hydrogen) atoms. The second kappa shape index (κ2) is 8.00. The largest absolute Gasteiger partial charge is 0.466 e. The Kier molecular flexibility index (Phi) is 5.53.